The predicted octanol–water partition coefficient (Wildman–Crippen LogP) is 4.19. The van der Waals surface area contributed by atoms with Crippen LogP contribution in [0.4, 0.5) is 0 Å². The third kappa shape index (κ3) is 3.75. The second kappa shape index (κ2) is 6.05. The van der Waals surface area contributed by atoms with Gasteiger partial charge in [-0.2, -0.15) is 0 Å². The molecular weight excluding hydrogens is 144 g/mol. The number of hydrogen-bond acceptors (Lipinski definition) is 0. The second-order valence-electron chi connectivity index (χ2n) is 3.39. The van der Waals surface area contributed by atoms with E-state index in [4.69, 9.17) is 0 Å². The van der Waals surface area contributed by atoms with E-state index in [2.05, 4.69) is 32.6 Å². The fourth-order valence-electron chi connectivity index (χ4n) is 1.37. The highest BCUT2D eigenvalue weighted by molar-refractivity contribution is 5.10. The fraction of sp³-hybridized carbons (Fsp3) is 0.667. The van der Waals surface area contributed by atoms with E-state index in [9.17, 15) is 0 Å². The van der Waals surface area contributed by atoms with Crippen LogP contribution < -0.4 is 0 Å². The summed E-state index contributed by atoms with van der Waals surface area (Å²) in [4.78, 5) is 0. The van der Waals surface area contributed by atoms with Crippen molar-refractivity contribution in [3.8, 4) is 0 Å². The van der Waals surface area contributed by atoms with E-state index in [1.54, 1.807) is 0 Å². The molecule has 12 heavy (non-hydrogen) atoms. The summed E-state index contributed by atoms with van der Waals surface area (Å²) in [7, 11) is 0. The third-order valence-corrected chi connectivity index (χ3v) is 2.24. The van der Waals surface area contributed by atoms with Crippen LogP contribution in [0.15, 0.2) is 24.3 Å². The van der Waals surface area contributed by atoms with Crippen molar-refractivity contribution in [3.05, 3.63) is 24.3 Å². The van der Waals surface area contributed by atoms with Crippen molar-refractivity contribution < 1.29 is 0 Å². The summed E-state index contributed by atoms with van der Waals surface area (Å²) < 4.78 is 0. The lowest BCUT2D eigenvalue weighted by Crippen LogP contribution is -2.06. The molecule has 0 fully saturated rings. The van der Waals surface area contributed by atoms with E-state index < -0.39 is 0 Å². The molecule has 0 saturated heterocycles. The Hall–Kier alpha value is -0.520. The molecule has 70 valence electrons. The fourth-order valence-corrected chi connectivity index (χ4v) is 1.37. The first-order chi connectivity index (χ1) is 5.70. The maximum Gasteiger partial charge on any atom is -0.00284 e. The molecule has 0 aromatic carbocycles. The minimum absolute atomic E-state index is 0.663. The van der Waals surface area contributed by atoms with Crippen molar-refractivity contribution in [2.24, 2.45) is 11.8 Å². The van der Waals surface area contributed by atoms with Gasteiger partial charge in [0.1, 0.15) is 0 Å². The van der Waals surface area contributed by atoms with Gasteiger partial charge in [-0.3, -0.25) is 0 Å². The van der Waals surface area contributed by atoms with Gasteiger partial charge < -0.3 is 0 Å². The molecule has 0 radical (unpaired) electrons. The van der Waals surface area contributed by atoms with Gasteiger partial charge in [0.05, 0.1) is 0 Å². The molecule has 0 bridgehead atoms. The lowest BCUT2D eigenvalue weighted by atomic mass is 9.86. The summed E-state index contributed by atoms with van der Waals surface area (Å²) in [6.45, 7) is 12.3. The highest BCUT2D eigenvalue weighted by atomic mass is 14.2. The van der Waals surface area contributed by atoms with Crippen molar-refractivity contribution >= 4 is 0 Å². The molecule has 0 N–H and O–H groups in total. The molecule has 0 saturated carbocycles. The van der Waals surface area contributed by atoms with E-state index in [1.165, 1.54) is 18.4 Å². The zero-order chi connectivity index (χ0) is 9.56. The Morgan fingerprint density at radius 1 is 1.25 bits per heavy atom. The Balaban J connectivity index is 0.000000561. The van der Waals surface area contributed by atoms with Gasteiger partial charge in [-0.25, -0.2) is 0 Å². The van der Waals surface area contributed by atoms with Gasteiger partial charge in [0, 0.05) is 0 Å². The molecule has 2 atom stereocenters. The van der Waals surface area contributed by atoms with Crippen LogP contribution in [0.3, 0.4) is 0 Å². The summed E-state index contributed by atoms with van der Waals surface area (Å²) in [5.41, 5.74) is 1.31. The van der Waals surface area contributed by atoms with Crippen LogP contribution >= 0.6 is 0 Å². The summed E-state index contributed by atoms with van der Waals surface area (Å²) >= 11 is 0. The van der Waals surface area contributed by atoms with E-state index in [1.807, 2.05) is 13.8 Å². The molecule has 1 aliphatic carbocycles. The van der Waals surface area contributed by atoms with Gasteiger partial charge in [-0.1, -0.05) is 45.1 Å². The molecule has 0 aromatic heterocycles. The number of rotatable bonds is 1. The summed E-state index contributed by atoms with van der Waals surface area (Å²) in [5, 5.41) is 0. The largest absolute Gasteiger partial charge is 0.0995 e. The van der Waals surface area contributed by atoms with Crippen LogP contribution in [0, 0.1) is 11.8 Å². The van der Waals surface area contributed by atoms with Gasteiger partial charge in [-0.05, 0) is 31.6 Å². The van der Waals surface area contributed by atoms with Gasteiger partial charge >= 0.3 is 0 Å². The molecule has 0 aliphatic heterocycles. The number of hydrogen-bond donors (Lipinski definition) is 0. The normalized spacial score (nSPS) is 27.3. The van der Waals surface area contributed by atoms with Crippen LogP contribution in [0.25, 0.3) is 0 Å². The average Bonchev–Trinajstić information content (AvgIpc) is 2.09. The molecule has 0 spiro atoms. The summed E-state index contributed by atoms with van der Waals surface area (Å²) in [5.74, 6) is 1.45. The molecule has 1 aliphatic rings. The first kappa shape index (κ1) is 11.5. The molecule has 0 nitrogen and oxygen atoms in total. The number of allylic oxidation sites excluding steroid dienone is 3. The minimum atomic E-state index is 0.663. The van der Waals surface area contributed by atoms with Crippen LogP contribution in [0.5, 0.6) is 0 Å². The molecule has 1 unspecified atom stereocenters. The maximum absolute atomic E-state index is 3.95. The van der Waals surface area contributed by atoms with E-state index in [0.29, 0.717) is 5.92 Å². The Bertz CT molecular complexity index is 153. The van der Waals surface area contributed by atoms with Crippen LogP contribution in [0.1, 0.15) is 40.5 Å². The third-order valence-electron chi connectivity index (χ3n) is 2.24. The Labute approximate surface area is 77.4 Å². The lowest BCUT2D eigenvalue weighted by molar-refractivity contribution is 0.517. The molecule has 0 amide bonds. The zero-order valence-electron chi connectivity index (χ0n) is 8.93. The monoisotopic (exact) mass is 166 g/mol. The standard InChI is InChI=1S/C10H16.C2H6/c1-8(2)10-6-4-9(3)5-7-10;1-2/h4,6,9-10H,1,5,7H2,2-3H3;1-2H3/t9?,10-;/m0./s1. The zero-order valence-corrected chi connectivity index (χ0v) is 8.93. The highest BCUT2D eigenvalue weighted by Crippen LogP contribution is 2.25. The van der Waals surface area contributed by atoms with Crippen molar-refractivity contribution in [2.45, 2.75) is 40.5 Å². The SMILES string of the molecule is C=C(C)[C@H]1C=CC(C)CC1.CC. The first-order valence-electron chi connectivity index (χ1n) is 5.04. The average molecular weight is 166 g/mol. The molecule has 0 aromatic rings. The Kier molecular flexibility index (Phi) is 5.79. The summed E-state index contributed by atoms with van der Waals surface area (Å²) in [6.07, 6.45) is 7.24. The van der Waals surface area contributed by atoms with Crippen molar-refractivity contribution in [1.29, 1.82) is 0 Å². The van der Waals surface area contributed by atoms with Crippen molar-refractivity contribution in [2.75, 3.05) is 0 Å². The maximum atomic E-state index is 3.95. The smallest absolute Gasteiger partial charge is 0.00284 e. The van der Waals surface area contributed by atoms with E-state index in [-0.39, 0.29) is 0 Å². The van der Waals surface area contributed by atoms with Crippen LogP contribution in [-0.2, 0) is 0 Å². The molecule has 0 heteroatoms. The minimum Gasteiger partial charge on any atom is -0.0995 e. The first-order valence-corrected chi connectivity index (χ1v) is 5.04. The van der Waals surface area contributed by atoms with Gasteiger partial charge in [-0.15, -0.1) is 0 Å². The topological polar surface area (TPSA) is 0 Å². The lowest BCUT2D eigenvalue weighted by Gasteiger charge is -2.19. The molecule has 0 heterocycles. The van der Waals surface area contributed by atoms with Gasteiger partial charge in [0.15, 0.2) is 0 Å². The Morgan fingerprint density at radius 2 is 1.83 bits per heavy atom. The van der Waals surface area contributed by atoms with E-state index in [0.717, 1.165) is 5.92 Å². The van der Waals surface area contributed by atoms with Gasteiger partial charge in [0.25, 0.3) is 0 Å². The van der Waals surface area contributed by atoms with Gasteiger partial charge in [0.2, 0.25) is 0 Å². The summed E-state index contributed by atoms with van der Waals surface area (Å²) in [6, 6.07) is 0. The highest BCUT2D eigenvalue weighted by Gasteiger charge is 2.11. The second-order valence-corrected chi connectivity index (χ2v) is 3.39. The van der Waals surface area contributed by atoms with Crippen LogP contribution in [-0.4, -0.2) is 0 Å². The quantitative estimate of drug-likeness (QED) is 0.512. The van der Waals surface area contributed by atoms with Crippen molar-refractivity contribution in [1.82, 2.24) is 0 Å². The predicted molar refractivity (Wildman–Crippen MR) is 57.2 cm³/mol. The Morgan fingerprint density at radius 3 is 2.17 bits per heavy atom. The van der Waals surface area contributed by atoms with Crippen molar-refractivity contribution in [3.63, 3.8) is 0 Å². The van der Waals surface area contributed by atoms with Crippen LogP contribution in [0.2, 0.25) is 0 Å². The molecular formula is C12H22. The van der Waals surface area contributed by atoms with E-state index >= 15 is 0 Å². The molecule has 1 rings (SSSR count).